The van der Waals surface area contributed by atoms with E-state index in [0.717, 1.165) is 16.9 Å². The number of hydrogen-bond acceptors (Lipinski definition) is 4. The second kappa shape index (κ2) is 9.05. The summed E-state index contributed by atoms with van der Waals surface area (Å²) in [7, 11) is 0. The van der Waals surface area contributed by atoms with Crippen molar-refractivity contribution in [1.29, 1.82) is 0 Å². The van der Waals surface area contributed by atoms with Gasteiger partial charge in [-0.2, -0.15) is 0 Å². The molecule has 2 heterocycles. The number of hydrogen-bond donors (Lipinski definition) is 2. The van der Waals surface area contributed by atoms with Crippen LogP contribution in [0.2, 0.25) is 0 Å². The molecule has 0 radical (unpaired) electrons. The van der Waals surface area contributed by atoms with E-state index < -0.39 is 0 Å². The monoisotopic (exact) mass is 398 g/mol. The lowest BCUT2D eigenvalue weighted by Crippen LogP contribution is -2.25. The van der Waals surface area contributed by atoms with Crippen LogP contribution < -0.4 is 10.1 Å². The molecule has 0 aliphatic rings. The predicted molar refractivity (Wildman–Crippen MR) is 116 cm³/mol. The van der Waals surface area contributed by atoms with Gasteiger partial charge in [0.2, 0.25) is 0 Å². The molecule has 0 aliphatic heterocycles. The van der Waals surface area contributed by atoms with Gasteiger partial charge >= 0.3 is 0 Å². The molecule has 6 heteroatoms. The Kier molecular flexibility index (Phi) is 5.85. The van der Waals surface area contributed by atoms with Gasteiger partial charge < -0.3 is 15.0 Å². The molecule has 0 bridgehead atoms. The molecule has 0 saturated heterocycles. The van der Waals surface area contributed by atoms with E-state index in [1.807, 2.05) is 61.5 Å². The van der Waals surface area contributed by atoms with Gasteiger partial charge in [0.25, 0.3) is 5.91 Å². The number of ether oxygens (including phenoxy) is 1. The van der Waals surface area contributed by atoms with E-state index in [1.165, 1.54) is 0 Å². The number of rotatable bonds is 7. The minimum absolute atomic E-state index is 0.0617. The molecule has 150 valence electrons. The second-order valence-electron chi connectivity index (χ2n) is 6.94. The second-order valence-corrected chi connectivity index (χ2v) is 6.94. The third-order valence-electron chi connectivity index (χ3n) is 4.59. The fraction of sp³-hybridized carbons (Fsp3) is 0.125. The van der Waals surface area contributed by atoms with E-state index in [-0.39, 0.29) is 5.91 Å². The van der Waals surface area contributed by atoms with Crippen molar-refractivity contribution in [3.8, 4) is 23.0 Å². The summed E-state index contributed by atoms with van der Waals surface area (Å²) >= 11 is 0. The molecule has 30 heavy (non-hydrogen) atoms. The molecule has 1 amide bonds. The van der Waals surface area contributed by atoms with Crippen LogP contribution in [0.1, 0.15) is 21.5 Å². The Morgan fingerprint density at radius 3 is 2.70 bits per heavy atom. The third kappa shape index (κ3) is 4.91. The van der Waals surface area contributed by atoms with Crippen LogP contribution in [0.5, 0.6) is 11.5 Å². The number of nitrogens with one attached hydrogen (secondary N) is 2. The molecule has 0 atom stereocenters. The SMILES string of the molecule is Cc1cccc(C(=O)NCCc2cccc(Oc3ccnc(-c4ncc[nH]4)c3)c2)c1. The van der Waals surface area contributed by atoms with Crippen LogP contribution >= 0.6 is 0 Å². The van der Waals surface area contributed by atoms with Crippen LogP contribution in [0.25, 0.3) is 11.5 Å². The van der Waals surface area contributed by atoms with Gasteiger partial charge in [0.15, 0.2) is 5.82 Å². The highest BCUT2D eigenvalue weighted by molar-refractivity contribution is 5.94. The van der Waals surface area contributed by atoms with Gasteiger partial charge in [-0.1, -0.05) is 29.8 Å². The normalized spacial score (nSPS) is 10.6. The maximum Gasteiger partial charge on any atom is 0.251 e. The Labute approximate surface area is 175 Å². The highest BCUT2D eigenvalue weighted by Gasteiger charge is 2.07. The molecule has 0 spiro atoms. The molecule has 0 saturated carbocycles. The predicted octanol–water partition coefficient (Wildman–Crippen LogP) is 4.54. The molecule has 4 aromatic rings. The van der Waals surface area contributed by atoms with Crippen LogP contribution in [0, 0.1) is 6.92 Å². The van der Waals surface area contributed by atoms with Crippen LogP contribution in [-0.2, 0) is 6.42 Å². The van der Waals surface area contributed by atoms with Gasteiger partial charge in [0.1, 0.15) is 17.2 Å². The van der Waals surface area contributed by atoms with Crippen molar-refractivity contribution in [2.24, 2.45) is 0 Å². The summed E-state index contributed by atoms with van der Waals surface area (Å²) in [4.78, 5) is 23.8. The highest BCUT2D eigenvalue weighted by atomic mass is 16.5. The average molecular weight is 398 g/mol. The van der Waals surface area contributed by atoms with Crippen LogP contribution in [0.15, 0.2) is 79.3 Å². The fourth-order valence-corrected chi connectivity index (χ4v) is 3.12. The molecule has 0 fully saturated rings. The lowest BCUT2D eigenvalue weighted by Gasteiger charge is -2.09. The standard InChI is InChI=1S/C24H22N4O2/c1-17-4-2-6-19(14-17)24(29)28-10-8-18-5-3-7-20(15-18)30-21-9-11-25-22(16-21)23-26-12-13-27-23/h2-7,9,11-16H,8,10H2,1H3,(H,26,27)(H,28,29). The number of amides is 1. The first kappa shape index (κ1) is 19.4. The zero-order valence-corrected chi connectivity index (χ0v) is 16.6. The number of aromatic amines is 1. The number of carbonyl (C=O) groups excluding carboxylic acids is 1. The van der Waals surface area contributed by atoms with Crippen molar-refractivity contribution >= 4 is 5.91 Å². The van der Waals surface area contributed by atoms with Gasteiger partial charge in [0.05, 0.1) is 0 Å². The largest absolute Gasteiger partial charge is 0.457 e. The third-order valence-corrected chi connectivity index (χ3v) is 4.59. The summed E-state index contributed by atoms with van der Waals surface area (Å²) in [6, 6.07) is 19.1. The smallest absolute Gasteiger partial charge is 0.251 e. The van der Waals surface area contributed by atoms with Crippen molar-refractivity contribution in [1.82, 2.24) is 20.3 Å². The molecule has 6 nitrogen and oxygen atoms in total. The summed E-state index contributed by atoms with van der Waals surface area (Å²) in [6.07, 6.45) is 5.85. The summed E-state index contributed by atoms with van der Waals surface area (Å²) in [5, 5.41) is 2.97. The molecule has 0 unspecified atom stereocenters. The molecular weight excluding hydrogens is 376 g/mol. The van der Waals surface area contributed by atoms with Gasteiger partial charge in [-0.05, 0) is 49.2 Å². The van der Waals surface area contributed by atoms with Crippen molar-refractivity contribution in [2.45, 2.75) is 13.3 Å². The summed E-state index contributed by atoms with van der Waals surface area (Å²) in [5.41, 5.74) is 3.54. The summed E-state index contributed by atoms with van der Waals surface area (Å²) in [6.45, 7) is 2.52. The molecular formula is C24H22N4O2. The maximum absolute atomic E-state index is 12.3. The number of nitrogens with zero attached hydrogens (tertiary/aromatic N) is 2. The number of H-pyrrole nitrogens is 1. The van der Waals surface area contributed by atoms with Crippen molar-refractivity contribution in [3.63, 3.8) is 0 Å². The Balaban J connectivity index is 1.36. The first-order chi connectivity index (χ1) is 14.7. The van der Waals surface area contributed by atoms with Crippen LogP contribution in [0.4, 0.5) is 0 Å². The van der Waals surface area contributed by atoms with Crippen molar-refractivity contribution in [2.75, 3.05) is 6.54 Å². The molecule has 4 rings (SSSR count). The van der Waals surface area contributed by atoms with Gasteiger partial charge in [-0.25, -0.2) is 4.98 Å². The molecule has 0 aliphatic carbocycles. The zero-order chi connectivity index (χ0) is 20.8. The van der Waals surface area contributed by atoms with Crippen molar-refractivity contribution in [3.05, 3.63) is 95.9 Å². The number of aromatic nitrogens is 3. The van der Waals surface area contributed by atoms with E-state index in [4.69, 9.17) is 4.74 Å². The quantitative estimate of drug-likeness (QED) is 0.479. The minimum atomic E-state index is -0.0617. The first-order valence-electron chi connectivity index (χ1n) is 9.75. The van der Waals surface area contributed by atoms with Gasteiger partial charge in [0, 0.05) is 36.8 Å². The van der Waals surface area contributed by atoms with E-state index in [2.05, 4.69) is 20.3 Å². The van der Waals surface area contributed by atoms with Crippen LogP contribution in [-0.4, -0.2) is 27.4 Å². The summed E-state index contributed by atoms with van der Waals surface area (Å²) < 4.78 is 6.00. The van der Waals surface area contributed by atoms with E-state index in [0.29, 0.717) is 35.8 Å². The van der Waals surface area contributed by atoms with Gasteiger partial charge in [-0.15, -0.1) is 0 Å². The number of benzene rings is 2. The number of pyridine rings is 1. The number of imidazole rings is 1. The van der Waals surface area contributed by atoms with E-state index >= 15 is 0 Å². The lowest BCUT2D eigenvalue weighted by atomic mass is 10.1. The Morgan fingerprint density at radius 1 is 1.00 bits per heavy atom. The fourth-order valence-electron chi connectivity index (χ4n) is 3.12. The molecule has 2 aromatic carbocycles. The van der Waals surface area contributed by atoms with Crippen molar-refractivity contribution < 1.29 is 9.53 Å². The minimum Gasteiger partial charge on any atom is -0.457 e. The zero-order valence-electron chi connectivity index (χ0n) is 16.6. The topological polar surface area (TPSA) is 79.9 Å². The molecule has 2 aromatic heterocycles. The Hall–Kier alpha value is -3.93. The number of carbonyl (C=O) groups is 1. The van der Waals surface area contributed by atoms with Crippen LogP contribution in [0.3, 0.4) is 0 Å². The van der Waals surface area contributed by atoms with E-state index in [9.17, 15) is 4.79 Å². The first-order valence-corrected chi connectivity index (χ1v) is 9.75. The highest BCUT2D eigenvalue weighted by Crippen LogP contribution is 2.25. The summed E-state index contributed by atoms with van der Waals surface area (Å²) in [5.74, 6) is 2.04. The van der Waals surface area contributed by atoms with Gasteiger partial charge in [-0.3, -0.25) is 9.78 Å². The number of aryl methyl sites for hydroxylation is 1. The van der Waals surface area contributed by atoms with E-state index in [1.54, 1.807) is 24.7 Å². The molecule has 2 N–H and O–H groups in total. The maximum atomic E-state index is 12.3. The Morgan fingerprint density at radius 2 is 1.87 bits per heavy atom. The Bertz CT molecular complexity index is 1140. The lowest BCUT2D eigenvalue weighted by molar-refractivity contribution is 0.0954. The average Bonchev–Trinajstić information content (AvgIpc) is 3.29.